The second-order valence-electron chi connectivity index (χ2n) is 4.63. The Labute approximate surface area is 126 Å². The van der Waals surface area contributed by atoms with E-state index in [1.807, 2.05) is 0 Å². The first-order chi connectivity index (χ1) is 10.2. The molecule has 2 unspecified atom stereocenters. The highest BCUT2D eigenvalue weighted by molar-refractivity contribution is 5.87. The molecule has 126 valence electrons. The molecule has 0 heterocycles. The zero-order valence-electron chi connectivity index (χ0n) is 11.8. The molecule has 0 aliphatic heterocycles. The zero-order valence-corrected chi connectivity index (χ0v) is 11.8. The molecule has 0 saturated carbocycles. The van der Waals surface area contributed by atoms with Gasteiger partial charge >= 0.3 is 23.9 Å². The van der Waals surface area contributed by atoms with E-state index < -0.39 is 48.4 Å². The fraction of sp³-hybridized carbons (Fsp3) is 0.667. The molecule has 0 spiro atoms. The molecule has 3 atom stereocenters. The van der Waals surface area contributed by atoms with Crippen molar-refractivity contribution in [1.82, 2.24) is 0 Å². The Morgan fingerprint density at radius 1 is 1.00 bits per heavy atom. The van der Waals surface area contributed by atoms with Gasteiger partial charge < -0.3 is 31.5 Å². The summed E-state index contributed by atoms with van der Waals surface area (Å²) < 4.78 is 4.59. The lowest BCUT2D eigenvalue weighted by Crippen LogP contribution is -2.43. The van der Waals surface area contributed by atoms with E-state index in [1.165, 1.54) is 0 Å². The van der Waals surface area contributed by atoms with Crippen molar-refractivity contribution < 1.29 is 39.2 Å². The third kappa shape index (κ3) is 6.99. The third-order valence-corrected chi connectivity index (χ3v) is 2.84. The number of esters is 1. The summed E-state index contributed by atoms with van der Waals surface area (Å²) in [5.41, 5.74) is 10.8. The van der Waals surface area contributed by atoms with Gasteiger partial charge in [0.1, 0.15) is 12.0 Å². The summed E-state index contributed by atoms with van der Waals surface area (Å²) in [6.45, 7) is 0.402. The van der Waals surface area contributed by atoms with Crippen molar-refractivity contribution in [3.8, 4) is 0 Å². The van der Waals surface area contributed by atoms with E-state index in [-0.39, 0.29) is 6.42 Å². The number of carboxylic acid groups (broad SMARTS) is 3. The van der Waals surface area contributed by atoms with Crippen LogP contribution in [0.15, 0.2) is 0 Å². The highest BCUT2D eigenvalue weighted by Crippen LogP contribution is 2.15. The van der Waals surface area contributed by atoms with Crippen molar-refractivity contribution in [3.05, 3.63) is 0 Å². The lowest BCUT2D eigenvalue weighted by Gasteiger charge is -2.21. The first-order valence-corrected chi connectivity index (χ1v) is 6.54. The number of hydrogen-bond acceptors (Lipinski definition) is 7. The topological polar surface area (TPSA) is 190 Å². The number of rotatable bonds is 11. The smallest absolute Gasteiger partial charge is 0.345 e. The molecule has 0 aromatic carbocycles. The number of unbranched alkanes of at least 4 members (excludes halogenated alkanes) is 1. The minimum absolute atomic E-state index is 0.193. The Balaban J connectivity index is 4.87. The van der Waals surface area contributed by atoms with Gasteiger partial charge in [-0.15, -0.1) is 0 Å². The molecule has 7 N–H and O–H groups in total. The molecule has 10 nitrogen and oxygen atoms in total. The Kier molecular flexibility index (Phi) is 8.72. The maximum absolute atomic E-state index is 11.7. The Morgan fingerprint density at radius 2 is 1.59 bits per heavy atom. The van der Waals surface area contributed by atoms with Gasteiger partial charge in [-0.25, -0.2) is 4.79 Å². The van der Waals surface area contributed by atoms with Gasteiger partial charge in [-0.1, -0.05) is 6.42 Å². The van der Waals surface area contributed by atoms with Crippen LogP contribution in [0.3, 0.4) is 0 Å². The minimum Gasteiger partial charge on any atom is -0.481 e. The number of nitrogens with two attached hydrogens (primary N) is 2. The molecule has 0 fully saturated rings. The predicted molar refractivity (Wildman–Crippen MR) is 71.8 cm³/mol. The van der Waals surface area contributed by atoms with Crippen LogP contribution in [0.4, 0.5) is 0 Å². The second-order valence-corrected chi connectivity index (χ2v) is 4.63. The van der Waals surface area contributed by atoms with E-state index in [0.29, 0.717) is 19.4 Å². The summed E-state index contributed by atoms with van der Waals surface area (Å²) in [6, 6.07) is -1.13. The van der Waals surface area contributed by atoms with Gasteiger partial charge in [0.05, 0.1) is 6.42 Å². The van der Waals surface area contributed by atoms with Crippen LogP contribution in [0.1, 0.15) is 25.7 Å². The largest absolute Gasteiger partial charge is 0.481 e. The minimum atomic E-state index is -2.12. The summed E-state index contributed by atoms with van der Waals surface area (Å²) in [5.74, 6) is -7.98. The van der Waals surface area contributed by atoms with Crippen molar-refractivity contribution in [1.29, 1.82) is 0 Å². The molecule has 0 aromatic heterocycles. The van der Waals surface area contributed by atoms with E-state index in [0.717, 1.165) is 0 Å². The van der Waals surface area contributed by atoms with Crippen molar-refractivity contribution in [2.45, 2.75) is 37.8 Å². The lowest BCUT2D eigenvalue weighted by atomic mass is 9.98. The van der Waals surface area contributed by atoms with E-state index in [1.54, 1.807) is 0 Å². The van der Waals surface area contributed by atoms with Gasteiger partial charge in [-0.2, -0.15) is 0 Å². The molecule has 0 aromatic rings. The molecule has 0 amide bonds. The molecule has 0 saturated heterocycles. The van der Waals surface area contributed by atoms with E-state index in [2.05, 4.69) is 4.74 Å². The van der Waals surface area contributed by atoms with Crippen LogP contribution in [-0.2, 0) is 23.9 Å². The summed E-state index contributed by atoms with van der Waals surface area (Å²) >= 11 is 0. The Morgan fingerprint density at radius 3 is 2.00 bits per heavy atom. The quantitative estimate of drug-likeness (QED) is 0.224. The van der Waals surface area contributed by atoms with Crippen LogP contribution >= 0.6 is 0 Å². The van der Waals surface area contributed by atoms with Gasteiger partial charge in [0.15, 0.2) is 0 Å². The standard InChI is InChI=1S/C12H20N2O8/c13-4-2-1-3-7(14)12(21)22-9(11(19)20)6(10(17)18)5-8(15)16/h6-7,9H,1-5,13-14H2,(H,15,16)(H,17,18)(H,19,20)/t6?,7-,9?/m0/s1. The Bertz CT molecular complexity index is 425. The maximum Gasteiger partial charge on any atom is 0.345 e. The van der Waals surface area contributed by atoms with Crippen LogP contribution in [0, 0.1) is 5.92 Å². The van der Waals surface area contributed by atoms with Crippen LogP contribution < -0.4 is 11.5 Å². The SMILES string of the molecule is NCCCC[C@H](N)C(=O)OC(C(=O)O)C(CC(=O)O)C(=O)O. The van der Waals surface area contributed by atoms with Crippen LogP contribution in [-0.4, -0.2) is 57.9 Å². The molecule has 10 heteroatoms. The van der Waals surface area contributed by atoms with E-state index in [4.69, 9.17) is 26.8 Å². The van der Waals surface area contributed by atoms with Gasteiger partial charge in [0.2, 0.25) is 6.10 Å². The fourth-order valence-corrected chi connectivity index (χ4v) is 1.66. The number of carboxylic acids is 3. The van der Waals surface area contributed by atoms with E-state index >= 15 is 0 Å². The number of carbonyl (C=O) groups is 4. The highest BCUT2D eigenvalue weighted by atomic mass is 16.6. The summed E-state index contributed by atoms with van der Waals surface area (Å²) in [6.07, 6.45) is -1.80. The summed E-state index contributed by atoms with van der Waals surface area (Å²) in [4.78, 5) is 44.3. The molecule has 0 aliphatic carbocycles. The van der Waals surface area contributed by atoms with E-state index in [9.17, 15) is 19.2 Å². The molecule has 22 heavy (non-hydrogen) atoms. The van der Waals surface area contributed by atoms with Crippen LogP contribution in [0.2, 0.25) is 0 Å². The van der Waals surface area contributed by atoms with Crippen molar-refractivity contribution in [2.75, 3.05) is 6.54 Å². The van der Waals surface area contributed by atoms with Crippen LogP contribution in [0.5, 0.6) is 0 Å². The molecule has 0 bridgehead atoms. The molecular formula is C12H20N2O8. The predicted octanol–water partition coefficient (Wildman–Crippen LogP) is -1.39. The summed E-state index contributed by atoms with van der Waals surface area (Å²) in [7, 11) is 0. The number of carbonyl (C=O) groups excluding carboxylic acids is 1. The molecule has 0 radical (unpaired) electrons. The number of ether oxygens (including phenoxy) is 1. The average molecular weight is 320 g/mol. The lowest BCUT2D eigenvalue weighted by molar-refractivity contribution is -0.175. The maximum atomic E-state index is 11.7. The molecule has 0 rings (SSSR count). The van der Waals surface area contributed by atoms with Crippen LogP contribution in [0.25, 0.3) is 0 Å². The number of hydrogen-bond donors (Lipinski definition) is 5. The second kappa shape index (κ2) is 9.68. The van der Waals surface area contributed by atoms with Gasteiger partial charge in [0, 0.05) is 0 Å². The van der Waals surface area contributed by atoms with Gasteiger partial charge in [0.25, 0.3) is 0 Å². The van der Waals surface area contributed by atoms with Crippen molar-refractivity contribution in [2.24, 2.45) is 17.4 Å². The highest BCUT2D eigenvalue weighted by Gasteiger charge is 2.39. The Hall–Kier alpha value is -2.20. The van der Waals surface area contributed by atoms with Gasteiger partial charge in [-0.3, -0.25) is 14.4 Å². The number of aliphatic carboxylic acids is 3. The monoisotopic (exact) mass is 320 g/mol. The average Bonchev–Trinajstić information content (AvgIpc) is 2.41. The molecular weight excluding hydrogens is 300 g/mol. The third-order valence-electron chi connectivity index (χ3n) is 2.84. The first-order valence-electron chi connectivity index (χ1n) is 6.54. The normalized spacial score (nSPS) is 14.6. The molecule has 0 aliphatic rings. The fourth-order valence-electron chi connectivity index (χ4n) is 1.66. The first kappa shape index (κ1) is 19.8. The van der Waals surface area contributed by atoms with Crippen molar-refractivity contribution >= 4 is 23.9 Å². The van der Waals surface area contributed by atoms with Gasteiger partial charge in [-0.05, 0) is 19.4 Å². The van der Waals surface area contributed by atoms with Crippen molar-refractivity contribution in [3.63, 3.8) is 0 Å². The zero-order chi connectivity index (χ0) is 17.3. The summed E-state index contributed by atoms with van der Waals surface area (Å²) in [5, 5.41) is 26.5.